The van der Waals surface area contributed by atoms with Crippen LogP contribution < -0.4 is 0 Å². The number of rotatable bonds is 4. The molecule has 2 atom stereocenters. The van der Waals surface area contributed by atoms with E-state index in [1.54, 1.807) is 11.9 Å². The van der Waals surface area contributed by atoms with Gasteiger partial charge in [-0.2, -0.15) is 0 Å². The van der Waals surface area contributed by atoms with Crippen molar-refractivity contribution in [1.82, 2.24) is 4.90 Å². The largest absolute Gasteiger partial charge is 0.479 e. The lowest BCUT2D eigenvalue weighted by molar-refractivity contribution is -0.158. The van der Waals surface area contributed by atoms with Crippen LogP contribution in [0.3, 0.4) is 0 Å². The average molecular weight is 251 g/mol. The van der Waals surface area contributed by atoms with Crippen molar-refractivity contribution in [2.75, 3.05) is 25.1 Å². The van der Waals surface area contributed by atoms with Gasteiger partial charge in [0.05, 0.1) is 11.5 Å². The highest BCUT2D eigenvalue weighted by molar-refractivity contribution is 7.91. The third kappa shape index (κ3) is 3.16. The molecular weight excluding hydrogens is 234 g/mol. The summed E-state index contributed by atoms with van der Waals surface area (Å²) in [5, 5.41) is 18.3. The van der Waals surface area contributed by atoms with Crippen LogP contribution in [0.25, 0.3) is 0 Å². The zero-order valence-electron chi connectivity index (χ0n) is 9.38. The summed E-state index contributed by atoms with van der Waals surface area (Å²) in [6, 6.07) is -0.198. The molecule has 0 aromatic heterocycles. The highest BCUT2D eigenvalue weighted by Crippen LogP contribution is 2.18. The number of nitrogens with zero attached hydrogens (tertiary/aromatic N) is 1. The number of carboxylic acids is 1. The van der Waals surface area contributed by atoms with Crippen molar-refractivity contribution in [3.05, 3.63) is 0 Å². The minimum Gasteiger partial charge on any atom is -0.479 e. The topological polar surface area (TPSA) is 94.9 Å². The fourth-order valence-corrected chi connectivity index (χ4v) is 3.61. The van der Waals surface area contributed by atoms with Crippen LogP contribution >= 0.6 is 0 Å². The number of sulfone groups is 1. The standard InChI is InChI=1S/C9H17NO5S/c1-9(13,8(11)12)6-10(2)7-3-4-16(14,15)5-7/h7,13H,3-6H2,1-2H3,(H,11,12). The van der Waals surface area contributed by atoms with Crippen LogP contribution in [0.4, 0.5) is 0 Å². The maximum Gasteiger partial charge on any atom is 0.336 e. The van der Waals surface area contributed by atoms with E-state index in [1.807, 2.05) is 0 Å². The number of hydrogen-bond donors (Lipinski definition) is 2. The summed E-state index contributed by atoms with van der Waals surface area (Å²) in [7, 11) is -1.36. The molecule has 0 aromatic carbocycles. The van der Waals surface area contributed by atoms with Gasteiger partial charge in [-0.3, -0.25) is 4.90 Å². The van der Waals surface area contributed by atoms with Crippen LogP contribution in [0.5, 0.6) is 0 Å². The van der Waals surface area contributed by atoms with E-state index in [-0.39, 0.29) is 24.1 Å². The number of likely N-dealkylation sites (N-methyl/N-ethyl adjacent to an activating group) is 1. The first kappa shape index (κ1) is 13.4. The van der Waals surface area contributed by atoms with Crippen molar-refractivity contribution < 1.29 is 23.4 Å². The highest BCUT2D eigenvalue weighted by atomic mass is 32.2. The first-order valence-corrected chi connectivity index (χ1v) is 6.83. The SMILES string of the molecule is CN(CC(C)(O)C(=O)O)C1CCS(=O)(=O)C1. The monoisotopic (exact) mass is 251 g/mol. The van der Waals surface area contributed by atoms with Crippen molar-refractivity contribution >= 4 is 15.8 Å². The molecule has 0 radical (unpaired) electrons. The summed E-state index contributed by atoms with van der Waals surface area (Å²) in [4.78, 5) is 12.3. The average Bonchev–Trinajstić information content (AvgIpc) is 2.45. The fraction of sp³-hybridized carbons (Fsp3) is 0.889. The molecule has 0 spiro atoms. The molecule has 0 aliphatic carbocycles. The summed E-state index contributed by atoms with van der Waals surface area (Å²) in [5.41, 5.74) is -1.85. The van der Waals surface area contributed by atoms with Gasteiger partial charge in [-0.25, -0.2) is 13.2 Å². The molecule has 2 N–H and O–H groups in total. The second kappa shape index (κ2) is 4.31. The second-order valence-corrected chi connectivity index (χ2v) is 6.78. The van der Waals surface area contributed by atoms with Gasteiger partial charge in [-0.15, -0.1) is 0 Å². The van der Waals surface area contributed by atoms with E-state index in [4.69, 9.17) is 5.11 Å². The molecule has 6 nitrogen and oxygen atoms in total. The minimum absolute atomic E-state index is 0.0409. The van der Waals surface area contributed by atoms with Gasteiger partial charge in [0.2, 0.25) is 0 Å². The Bertz CT molecular complexity index is 375. The van der Waals surface area contributed by atoms with Gasteiger partial charge in [-0.05, 0) is 20.4 Å². The van der Waals surface area contributed by atoms with Crippen LogP contribution in [-0.2, 0) is 14.6 Å². The summed E-state index contributed by atoms with van der Waals surface area (Å²) in [5.74, 6) is -1.13. The fourth-order valence-electron chi connectivity index (χ4n) is 1.81. The molecule has 16 heavy (non-hydrogen) atoms. The molecule has 0 aromatic rings. The molecule has 1 rings (SSSR count). The van der Waals surface area contributed by atoms with Crippen molar-refractivity contribution in [3.63, 3.8) is 0 Å². The van der Waals surface area contributed by atoms with Gasteiger partial charge < -0.3 is 10.2 Å². The van der Waals surface area contributed by atoms with E-state index >= 15 is 0 Å². The van der Waals surface area contributed by atoms with Gasteiger partial charge in [0.25, 0.3) is 0 Å². The van der Waals surface area contributed by atoms with E-state index in [0.29, 0.717) is 6.42 Å². The molecule has 94 valence electrons. The summed E-state index contributed by atoms with van der Waals surface area (Å²) < 4.78 is 22.5. The van der Waals surface area contributed by atoms with Crippen LogP contribution in [0.15, 0.2) is 0 Å². The van der Waals surface area contributed by atoms with Crippen LogP contribution in [0.1, 0.15) is 13.3 Å². The second-order valence-electron chi connectivity index (χ2n) is 4.55. The number of carboxylic acid groups (broad SMARTS) is 1. The molecule has 7 heteroatoms. The van der Waals surface area contributed by atoms with Gasteiger partial charge >= 0.3 is 5.97 Å². The molecule has 1 aliphatic rings. The quantitative estimate of drug-likeness (QED) is 0.661. The third-order valence-corrected chi connectivity index (χ3v) is 4.60. The predicted molar refractivity (Wildman–Crippen MR) is 57.9 cm³/mol. The molecule has 1 heterocycles. The zero-order chi connectivity index (χ0) is 12.6. The Kier molecular flexibility index (Phi) is 3.61. The Labute approximate surface area is 94.8 Å². The van der Waals surface area contributed by atoms with Crippen molar-refractivity contribution in [3.8, 4) is 0 Å². The summed E-state index contributed by atoms with van der Waals surface area (Å²) in [6.45, 7) is 1.12. The third-order valence-electron chi connectivity index (χ3n) is 2.85. The lowest BCUT2D eigenvalue weighted by Gasteiger charge is -2.29. The van der Waals surface area contributed by atoms with E-state index in [0.717, 1.165) is 0 Å². The van der Waals surface area contributed by atoms with E-state index < -0.39 is 21.4 Å². The summed E-state index contributed by atoms with van der Waals surface area (Å²) in [6.07, 6.45) is 0.495. The maximum absolute atomic E-state index is 11.2. The zero-order valence-corrected chi connectivity index (χ0v) is 10.2. The van der Waals surface area contributed by atoms with E-state index in [1.165, 1.54) is 6.92 Å². The Hall–Kier alpha value is -0.660. The first-order valence-electron chi connectivity index (χ1n) is 5.00. The van der Waals surface area contributed by atoms with Gasteiger partial charge in [-0.1, -0.05) is 0 Å². The Morgan fingerprint density at radius 3 is 2.50 bits per heavy atom. The van der Waals surface area contributed by atoms with Crippen LogP contribution in [-0.4, -0.2) is 66.2 Å². The lowest BCUT2D eigenvalue weighted by atomic mass is 10.1. The van der Waals surface area contributed by atoms with Crippen molar-refractivity contribution in [2.45, 2.75) is 25.0 Å². The smallest absolute Gasteiger partial charge is 0.336 e. The molecule has 2 unspecified atom stereocenters. The molecule has 1 fully saturated rings. The maximum atomic E-state index is 11.2. The first-order chi connectivity index (χ1) is 7.14. The van der Waals surface area contributed by atoms with Crippen molar-refractivity contribution in [2.24, 2.45) is 0 Å². The normalized spacial score (nSPS) is 27.9. The molecule has 0 saturated carbocycles. The van der Waals surface area contributed by atoms with Gasteiger partial charge in [0.1, 0.15) is 0 Å². The number of aliphatic carboxylic acids is 1. The Balaban J connectivity index is 2.61. The molecule has 0 amide bonds. The number of carbonyl (C=O) groups is 1. The number of hydrogen-bond acceptors (Lipinski definition) is 5. The highest BCUT2D eigenvalue weighted by Gasteiger charge is 2.36. The molecule has 0 bridgehead atoms. The van der Waals surface area contributed by atoms with Gasteiger partial charge in [0.15, 0.2) is 15.4 Å². The predicted octanol–water partition coefficient (Wildman–Crippen LogP) is -1.06. The Morgan fingerprint density at radius 2 is 2.12 bits per heavy atom. The molecule has 1 aliphatic heterocycles. The van der Waals surface area contributed by atoms with Crippen LogP contribution in [0.2, 0.25) is 0 Å². The Morgan fingerprint density at radius 1 is 1.56 bits per heavy atom. The number of aliphatic hydroxyl groups is 1. The van der Waals surface area contributed by atoms with Crippen LogP contribution in [0, 0.1) is 0 Å². The lowest BCUT2D eigenvalue weighted by Crippen LogP contribution is -2.48. The van der Waals surface area contributed by atoms with Crippen molar-refractivity contribution in [1.29, 1.82) is 0 Å². The van der Waals surface area contributed by atoms with E-state index in [2.05, 4.69) is 0 Å². The summed E-state index contributed by atoms with van der Waals surface area (Å²) >= 11 is 0. The van der Waals surface area contributed by atoms with E-state index in [9.17, 15) is 18.3 Å². The molecular formula is C9H17NO5S. The van der Waals surface area contributed by atoms with Gasteiger partial charge in [0, 0.05) is 12.6 Å². The molecule has 1 saturated heterocycles. The minimum atomic E-state index is -2.99.